The Labute approximate surface area is 130 Å². The highest BCUT2D eigenvalue weighted by molar-refractivity contribution is 6.07. The Balaban J connectivity index is 2.16. The van der Waals surface area contributed by atoms with Gasteiger partial charge in [0.15, 0.2) is 0 Å². The van der Waals surface area contributed by atoms with Crippen molar-refractivity contribution in [2.75, 3.05) is 37.0 Å². The van der Waals surface area contributed by atoms with Crippen molar-refractivity contribution in [1.29, 1.82) is 0 Å². The number of nitrogens with one attached hydrogen (secondary N) is 2. The van der Waals surface area contributed by atoms with Crippen molar-refractivity contribution in [3.05, 3.63) is 24.3 Å². The van der Waals surface area contributed by atoms with E-state index in [-0.39, 0.29) is 30.3 Å². The van der Waals surface area contributed by atoms with Gasteiger partial charge in [-0.25, -0.2) is 0 Å². The van der Waals surface area contributed by atoms with Gasteiger partial charge in [-0.05, 0) is 18.1 Å². The first kappa shape index (κ1) is 16.3. The average Bonchev–Trinajstić information content (AvgIpc) is 2.50. The molecule has 6 nitrogen and oxygen atoms in total. The summed E-state index contributed by atoms with van der Waals surface area (Å²) in [5.74, 6) is -0.125. The largest absolute Gasteiger partial charge is 0.383 e. The van der Waals surface area contributed by atoms with Gasteiger partial charge in [-0.3, -0.25) is 14.5 Å². The zero-order chi connectivity index (χ0) is 16.1. The summed E-state index contributed by atoms with van der Waals surface area (Å²) in [4.78, 5) is 26.2. The number of hydrogen-bond acceptors (Lipinski definition) is 4. The van der Waals surface area contributed by atoms with Gasteiger partial charge in [0, 0.05) is 13.7 Å². The van der Waals surface area contributed by atoms with Crippen LogP contribution in [0.5, 0.6) is 0 Å². The van der Waals surface area contributed by atoms with Crippen molar-refractivity contribution in [1.82, 2.24) is 5.32 Å². The minimum absolute atomic E-state index is 0.0183. The molecule has 0 aliphatic carbocycles. The summed E-state index contributed by atoms with van der Waals surface area (Å²) in [6.07, 6.45) is 0. The monoisotopic (exact) mass is 305 g/mol. The number of anilines is 2. The van der Waals surface area contributed by atoms with Crippen LogP contribution in [0.2, 0.25) is 0 Å². The lowest BCUT2D eigenvalue weighted by Gasteiger charge is -2.36. The molecule has 0 radical (unpaired) electrons. The van der Waals surface area contributed by atoms with Gasteiger partial charge in [0.1, 0.15) is 12.6 Å². The molecule has 0 aromatic heterocycles. The van der Waals surface area contributed by atoms with Crippen molar-refractivity contribution in [2.24, 2.45) is 5.92 Å². The van der Waals surface area contributed by atoms with Crippen molar-refractivity contribution < 1.29 is 14.3 Å². The molecule has 1 atom stereocenters. The summed E-state index contributed by atoms with van der Waals surface area (Å²) in [6, 6.07) is 7.23. The molecule has 2 rings (SSSR count). The fraction of sp³-hybridized carbons (Fsp3) is 0.500. The second kappa shape index (κ2) is 7.26. The number of carbonyl (C=O) groups is 2. The number of para-hydroxylation sites is 2. The number of amides is 2. The third-order valence-electron chi connectivity index (χ3n) is 3.63. The van der Waals surface area contributed by atoms with Gasteiger partial charge in [0.05, 0.1) is 18.0 Å². The standard InChI is InChI=1S/C16H23N3O3/c1-11(2)15-16(21)19(10-14(20)17-8-9-22-3)13-7-5-4-6-12(13)18-15/h4-7,11,15,18H,8-10H2,1-3H3,(H,17,20). The third kappa shape index (κ3) is 3.57. The molecule has 1 unspecified atom stereocenters. The smallest absolute Gasteiger partial charge is 0.250 e. The molecular formula is C16H23N3O3. The number of hydrogen-bond donors (Lipinski definition) is 2. The van der Waals surface area contributed by atoms with E-state index in [0.717, 1.165) is 11.4 Å². The summed E-state index contributed by atoms with van der Waals surface area (Å²) in [5, 5.41) is 6.01. The molecule has 2 N–H and O–H groups in total. The van der Waals surface area contributed by atoms with Gasteiger partial charge in [0.2, 0.25) is 11.8 Å². The summed E-state index contributed by atoms with van der Waals surface area (Å²) < 4.78 is 4.90. The number of rotatable bonds is 6. The lowest BCUT2D eigenvalue weighted by atomic mass is 9.99. The maximum absolute atomic E-state index is 12.7. The maximum Gasteiger partial charge on any atom is 0.250 e. The molecule has 1 aromatic carbocycles. The van der Waals surface area contributed by atoms with Crippen LogP contribution in [-0.2, 0) is 14.3 Å². The molecule has 1 heterocycles. The summed E-state index contributed by atoms with van der Waals surface area (Å²) in [5.41, 5.74) is 1.62. The van der Waals surface area contributed by atoms with E-state index in [1.165, 1.54) is 0 Å². The predicted molar refractivity (Wildman–Crippen MR) is 85.9 cm³/mol. The highest BCUT2D eigenvalue weighted by atomic mass is 16.5. The number of carbonyl (C=O) groups excluding carboxylic acids is 2. The van der Waals surface area contributed by atoms with E-state index in [2.05, 4.69) is 10.6 Å². The average molecular weight is 305 g/mol. The van der Waals surface area contributed by atoms with Crippen LogP contribution in [0.1, 0.15) is 13.8 Å². The minimum Gasteiger partial charge on any atom is -0.383 e. The van der Waals surface area contributed by atoms with Crippen LogP contribution >= 0.6 is 0 Å². The van der Waals surface area contributed by atoms with Crippen LogP contribution in [0.4, 0.5) is 11.4 Å². The first-order valence-corrected chi connectivity index (χ1v) is 7.47. The third-order valence-corrected chi connectivity index (χ3v) is 3.63. The molecule has 0 fully saturated rings. The minimum atomic E-state index is -0.318. The second-order valence-electron chi connectivity index (χ2n) is 5.65. The summed E-state index contributed by atoms with van der Waals surface area (Å²) in [6.45, 7) is 4.88. The van der Waals surface area contributed by atoms with Crippen molar-refractivity contribution >= 4 is 23.2 Å². The van der Waals surface area contributed by atoms with Crippen molar-refractivity contribution in [3.8, 4) is 0 Å². The number of fused-ring (bicyclic) bond motifs is 1. The van der Waals surface area contributed by atoms with Crippen LogP contribution in [-0.4, -0.2) is 44.7 Å². The second-order valence-corrected chi connectivity index (χ2v) is 5.65. The fourth-order valence-corrected chi connectivity index (χ4v) is 2.45. The topological polar surface area (TPSA) is 70.7 Å². The quantitative estimate of drug-likeness (QED) is 0.776. The van der Waals surface area contributed by atoms with Crippen LogP contribution in [0, 0.1) is 5.92 Å². The van der Waals surface area contributed by atoms with Gasteiger partial charge < -0.3 is 15.4 Å². The Bertz CT molecular complexity index is 545. The van der Waals surface area contributed by atoms with Gasteiger partial charge >= 0.3 is 0 Å². The van der Waals surface area contributed by atoms with Crippen LogP contribution in [0.15, 0.2) is 24.3 Å². The van der Waals surface area contributed by atoms with Crippen molar-refractivity contribution in [2.45, 2.75) is 19.9 Å². The van der Waals surface area contributed by atoms with Crippen LogP contribution in [0.3, 0.4) is 0 Å². The Morgan fingerprint density at radius 2 is 2.14 bits per heavy atom. The molecule has 1 aliphatic heterocycles. The van der Waals surface area contributed by atoms with Gasteiger partial charge in [-0.2, -0.15) is 0 Å². The molecule has 22 heavy (non-hydrogen) atoms. The number of ether oxygens (including phenoxy) is 1. The molecule has 2 amide bonds. The normalized spacial score (nSPS) is 17.2. The maximum atomic E-state index is 12.7. The first-order valence-electron chi connectivity index (χ1n) is 7.47. The van der Waals surface area contributed by atoms with Gasteiger partial charge in [-0.15, -0.1) is 0 Å². The lowest BCUT2D eigenvalue weighted by molar-refractivity contribution is -0.124. The number of methoxy groups -OCH3 is 1. The Kier molecular flexibility index (Phi) is 5.38. The molecule has 0 saturated heterocycles. The molecular weight excluding hydrogens is 282 g/mol. The van der Waals surface area contributed by atoms with Gasteiger partial charge in [0.25, 0.3) is 0 Å². The molecule has 1 aliphatic rings. The van der Waals surface area contributed by atoms with E-state index in [1.807, 2.05) is 38.1 Å². The number of nitrogens with zero attached hydrogens (tertiary/aromatic N) is 1. The Hall–Kier alpha value is -2.08. The Morgan fingerprint density at radius 3 is 2.82 bits per heavy atom. The van der Waals surface area contributed by atoms with Gasteiger partial charge in [-0.1, -0.05) is 26.0 Å². The SMILES string of the molecule is COCCNC(=O)CN1C(=O)C(C(C)C)Nc2ccccc21. The number of benzene rings is 1. The summed E-state index contributed by atoms with van der Waals surface area (Å²) in [7, 11) is 1.58. The van der Waals surface area contributed by atoms with E-state index in [1.54, 1.807) is 12.0 Å². The molecule has 0 bridgehead atoms. The molecule has 1 aromatic rings. The zero-order valence-corrected chi connectivity index (χ0v) is 13.3. The summed E-state index contributed by atoms with van der Waals surface area (Å²) >= 11 is 0. The van der Waals surface area contributed by atoms with E-state index >= 15 is 0 Å². The van der Waals surface area contributed by atoms with E-state index in [0.29, 0.717) is 13.2 Å². The van der Waals surface area contributed by atoms with Crippen molar-refractivity contribution in [3.63, 3.8) is 0 Å². The van der Waals surface area contributed by atoms with Crippen LogP contribution in [0.25, 0.3) is 0 Å². The fourth-order valence-electron chi connectivity index (χ4n) is 2.45. The highest BCUT2D eigenvalue weighted by Gasteiger charge is 2.34. The molecule has 0 saturated carbocycles. The zero-order valence-electron chi connectivity index (χ0n) is 13.3. The van der Waals surface area contributed by atoms with E-state index < -0.39 is 0 Å². The lowest BCUT2D eigenvalue weighted by Crippen LogP contribution is -2.52. The Morgan fingerprint density at radius 1 is 1.41 bits per heavy atom. The van der Waals surface area contributed by atoms with E-state index in [9.17, 15) is 9.59 Å². The molecule has 6 heteroatoms. The molecule has 120 valence electrons. The predicted octanol–water partition coefficient (Wildman–Crippen LogP) is 1.23. The van der Waals surface area contributed by atoms with E-state index in [4.69, 9.17) is 4.74 Å². The highest BCUT2D eigenvalue weighted by Crippen LogP contribution is 2.32. The van der Waals surface area contributed by atoms with Crippen LogP contribution < -0.4 is 15.5 Å². The molecule has 0 spiro atoms. The first-order chi connectivity index (χ1) is 10.5.